The van der Waals surface area contributed by atoms with Crippen molar-refractivity contribution in [1.82, 2.24) is 5.32 Å². The quantitative estimate of drug-likeness (QED) is 0.899. The Morgan fingerprint density at radius 3 is 2.57 bits per heavy atom. The first kappa shape index (κ1) is 14.9. The lowest BCUT2D eigenvalue weighted by Crippen LogP contribution is -2.42. The van der Waals surface area contributed by atoms with Crippen LogP contribution < -0.4 is 10.1 Å². The number of rotatable bonds is 3. The molecule has 0 bridgehead atoms. The molecule has 0 aromatic heterocycles. The molecule has 2 fully saturated rings. The molecule has 0 spiro atoms. The van der Waals surface area contributed by atoms with E-state index in [1.54, 1.807) is 0 Å². The fourth-order valence-electron chi connectivity index (χ4n) is 3.93. The lowest BCUT2D eigenvalue weighted by molar-refractivity contribution is -0.0231. The highest BCUT2D eigenvalue weighted by Crippen LogP contribution is 2.35. The SMILES string of the molecule is Cc1cc(O[C@@H]2C[C@@H]3CNC[C@@H]3C[C@H]2O)ccc1C(C)C. The first-order valence-electron chi connectivity index (χ1n) is 8.20. The number of fused-ring (bicyclic) bond motifs is 1. The second-order valence-corrected chi connectivity index (χ2v) is 7.05. The van der Waals surface area contributed by atoms with Crippen molar-refractivity contribution in [2.45, 2.75) is 51.7 Å². The number of aliphatic hydroxyl groups excluding tert-OH is 1. The van der Waals surface area contributed by atoms with Crippen LogP contribution in [0, 0.1) is 18.8 Å². The summed E-state index contributed by atoms with van der Waals surface area (Å²) in [7, 11) is 0. The molecule has 1 saturated heterocycles. The molecule has 116 valence electrons. The Labute approximate surface area is 127 Å². The van der Waals surface area contributed by atoms with Crippen LogP contribution in [0.5, 0.6) is 5.75 Å². The van der Waals surface area contributed by atoms with E-state index in [0.29, 0.717) is 17.8 Å². The minimum Gasteiger partial charge on any atom is -0.488 e. The predicted octanol–water partition coefficient (Wildman–Crippen LogP) is 2.86. The molecule has 2 aliphatic rings. The summed E-state index contributed by atoms with van der Waals surface area (Å²) in [5, 5.41) is 13.8. The Morgan fingerprint density at radius 1 is 1.19 bits per heavy atom. The second kappa shape index (κ2) is 5.98. The van der Waals surface area contributed by atoms with Gasteiger partial charge in [-0.2, -0.15) is 0 Å². The highest BCUT2D eigenvalue weighted by molar-refractivity contribution is 5.36. The third-order valence-electron chi connectivity index (χ3n) is 5.14. The Kier molecular flexibility index (Phi) is 4.23. The topological polar surface area (TPSA) is 41.5 Å². The number of hydrogen-bond donors (Lipinski definition) is 2. The monoisotopic (exact) mass is 289 g/mol. The van der Waals surface area contributed by atoms with E-state index in [1.807, 2.05) is 6.07 Å². The van der Waals surface area contributed by atoms with E-state index >= 15 is 0 Å². The zero-order chi connectivity index (χ0) is 15.0. The minimum absolute atomic E-state index is 0.0598. The van der Waals surface area contributed by atoms with E-state index < -0.39 is 0 Å². The molecule has 3 heteroatoms. The maximum Gasteiger partial charge on any atom is 0.125 e. The summed E-state index contributed by atoms with van der Waals surface area (Å²) in [6.45, 7) is 8.68. The molecular formula is C18H27NO2. The molecule has 1 aromatic rings. The molecular weight excluding hydrogens is 262 g/mol. The summed E-state index contributed by atoms with van der Waals surface area (Å²) in [5.74, 6) is 2.72. The van der Waals surface area contributed by atoms with Crippen LogP contribution in [0.15, 0.2) is 18.2 Å². The van der Waals surface area contributed by atoms with E-state index in [2.05, 4.69) is 38.2 Å². The standard InChI is InChI=1S/C18H27NO2/c1-11(2)16-5-4-15(6-12(16)3)21-18-8-14-10-19-9-13(14)7-17(18)20/h4-6,11,13-14,17-20H,7-10H2,1-3H3/t13-,14+,17+,18+/m0/s1. The number of nitrogens with one attached hydrogen (secondary N) is 1. The van der Waals surface area contributed by atoms with Crippen LogP contribution in [0.4, 0.5) is 0 Å². The van der Waals surface area contributed by atoms with E-state index in [9.17, 15) is 5.11 Å². The summed E-state index contributed by atoms with van der Waals surface area (Å²) in [5.41, 5.74) is 2.64. The number of ether oxygens (including phenoxy) is 1. The number of aryl methyl sites for hydroxylation is 1. The Bertz CT molecular complexity index is 500. The average Bonchev–Trinajstić information content (AvgIpc) is 2.86. The van der Waals surface area contributed by atoms with Crippen molar-refractivity contribution >= 4 is 0 Å². The number of aliphatic hydroxyl groups is 1. The van der Waals surface area contributed by atoms with Gasteiger partial charge in [0.1, 0.15) is 11.9 Å². The molecule has 1 aromatic carbocycles. The van der Waals surface area contributed by atoms with Gasteiger partial charge in [0.25, 0.3) is 0 Å². The molecule has 0 amide bonds. The molecule has 1 aliphatic carbocycles. The van der Waals surface area contributed by atoms with Gasteiger partial charge in [-0.1, -0.05) is 19.9 Å². The first-order valence-corrected chi connectivity index (χ1v) is 8.20. The van der Waals surface area contributed by atoms with Gasteiger partial charge in [0.05, 0.1) is 6.10 Å². The van der Waals surface area contributed by atoms with Gasteiger partial charge >= 0.3 is 0 Å². The summed E-state index contributed by atoms with van der Waals surface area (Å²) < 4.78 is 6.11. The van der Waals surface area contributed by atoms with Crippen molar-refractivity contribution < 1.29 is 9.84 Å². The third-order valence-corrected chi connectivity index (χ3v) is 5.14. The van der Waals surface area contributed by atoms with Gasteiger partial charge in [-0.3, -0.25) is 0 Å². The molecule has 1 aliphatic heterocycles. The van der Waals surface area contributed by atoms with Gasteiger partial charge < -0.3 is 15.2 Å². The normalized spacial score (nSPS) is 32.2. The smallest absolute Gasteiger partial charge is 0.125 e. The van der Waals surface area contributed by atoms with Gasteiger partial charge in [-0.15, -0.1) is 0 Å². The molecule has 1 heterocycles. The number of benzene rings is 1. The maximum atomic E-state index is 10.3. The van der Waals surface area contributed by atoms with Gasteiger partial charge in [0, 0.05) is 0 Å². The van der Waals surface area contributed by atoms with Crippen molar-refractivity contribution in [3.63, 3.8) is 0 Å². The fraction of sp³-hybridized carbons (Fsp3) is 0.667. The molecule has 4 atom stereocenters. The van der Waals surface area contributed by atoms with Crippen molar-refractivity contribution in [3.05, 3.63) is 29.3 Å². The minimum atomic E-state index is -0.337. The first-order chi connectivity index (χ1) is 10.0. The summed E-state index contributed by atoms with van der Waals surface area (Å²) in [6.07, 6.45) is 1.43. The van der Waals surface area contributed by atoms with Gasteiger partial charge in [0.15, 0.2) is 0 Å². The van der Waals surface area contributed by atoms with Crippen LogP contribution in [0.2, 0.25) is 0 Å². The average molecular weight is 289 g/mol. The fourth-order valence-corrected chi connectivity index (χ4v) is 3.93. The molecule has 21 heavy (non-hydrogen) atoms. The molecule has 0 unspecified atom stereocenters. The van der Waals surface area contributed by atoms with Gasteiger partial charge in [-0.05, 0) is 73.9 Å². The van der Waals surface area contributed by atoms with Crippen molar-refractivity contribution in [1.29, 1.82) is 0 Å². The van der Waals surface area contributed by atoms with Crippen molar-refractivity contribution in [2.75, 3.05) is 13.1 Å². The van der Waals surface area contributed by atoms with Gasteiger partial charge in [-0.25, -0.2) is 0 Å². The van der Waals surface area contributed by atoms with Crippen LogP contribution >= 0.6 is 0 Å². The zero-order valence-electron chi connectivity index (χ0n) is 13.3. The molecule has 0 radical (unpaired) electrons. The second-order valence-electron chi connectivity index (χ2n) is 7.05. The van der Waals surface area contributed by atoms with E-state index in [4.69, 9.17) is 4.74 Å². The van der Waals surface area contributed by atoms with E-state index in [1.165, 1.54) is 11.1 Å². The molecule has 3 nitrogen and oxygen atoms in total. The molecule has 1 saturated carbocycles. The van der Waals surface area contributed by atoms with E-state index in [-0.39, 0.29) is 12.2 Å². The molecule has 2 N–H and O–H groups in total. The number of hydrogen-bond acceptors (Lipinski definition) is 3. The maximum absolute atomic E-state index is 10.3. The van der Waals surface area contributed by atoms with Crippen molar-refractivity contribution in [2.24, 2.45) is 11.8 Å². The van der Waals surface area contributed by atoms with Crippen LogP contribution in [0.25, 0.3) is 0 Å². The summed E-state index contributed by atoms with van der Waals surface area (Å²) >= 11 is 0. The molecule has 3 rings (SSSR count). The van der Waals surface area contributed by atoms with Crippen LogP contribution in [0.1, 0.15) is 43.7 Å². The Balaban J connectivity index is 1.69. The highest BCUT2D eigenvalue weighted by atomic mass is 16.5. The summed E-state index contributed by atoms with van der Waals surface area (Å²) in [4.78, 5) is 0. The van der Waals surface area contributed by atoms with Gasteiger partial charge in [0.2, 0.25) is 0 Å². The lowest BCUT2D eigenvalue weighted by Gasteiger charge is -2.35. The largest absolute Gasteiger partial charge is 0.488 e. The highest BCUT2D eigenvalue weighted by Gasteiger charge is 2.39. The van der Waals surface area contributed by atoms with Crippen molar-refractivity contribution in [3.8, 4) is 5.75 Å². The Morgan fingerprint density at radius 2 is 1.90 bits per heavy atom. The van der Waals surface area contributed by atoms with Crippen LogP contribution in [-0.4, -0.2) is 30.4 Å². The van der Waals surface area contributed by atoms with Crippen LogP contribution in [-0.2, 0) is 0 Å². The van der Waals surface area contributed by atoms with Crippen LogP contribution in [0.3, 0.4) is 0 Å². The zero-order valence-corrected chi connectivity index (χ0v) is 13.3. The Hall–Kier alpha value is -1.06. The lowest BCUT2D eigenvalue weighted by atomic mass is 9.78. The third kappa shape index (κ3) is 3.09. The van der Waals surface area contributed by atoms with E-state index in [0.717, 1.165) is 31.7 Å². The predicted molar refractivity (Wildman–Crippen MR) is 84.8 cm³/mol. The summed E-state index contributed by atoms with van der Waals surface area (Å²) in [6, 6.07) is 6.32.